The number of carbonyl (C=O) groups excluding carboxylic acids is 1. The lowest BCUT2D eigenvalue weighted by Gasteiger charge is -2.01. The highest BCUT2D eigenvalue weighted by atomic mass is 35.5. The van der Waals surface area contributed by atoms with E-state index in [2.05, 4.69) is 9.72 Å². The molecule has 0 saturated carbocycles. The molecule has 5 nitrogen and oxygen atoms in total. The zero-order chi connectivity index (χ0) is 9.14. The van der Waals surface area contributed by atoms with Gasteiger partial charge in [0.15, 0.2) is 5.69 Å². The Morgan fingerprint density at radius 1 is 1.46 bits per heavy atom. The third kappa shape index (κ3) is 2.48. The van der Waals surface area contributed by atoms with Crippen LogP contribution in [0.4, 0.5) is 11.5 Å². The molecule has 0 amide bonds. The zero-order valence-electron chi connectivity index (χ0n) is 6.98. The van der Waals surface area contributed by atoms with Crippen LogP contribution in [0.25, 0.3) is 0 Å². The second-order valence-corrected chi connectivity index (χ2v) is 2.16. The van der Waals surface area contributed by atoms with Crippen LogP contribution in [-0.4, -0.2) is 18.1 Å². The minimum Gasteiger partial charge on any atom is -0.464 e. The highest BCUT2D eigenvalue weighted by Crippen LogP contribution is 2.11. The number of anilines is 2. The van der Waals surface area contributed by atoms with Crippen molar-refractivity contribution in [1.82, 2.24) is 4.98 Å². The number of nitrogens with zero attached hydrogens (tertiary/aromatic N) is 1. The molecule has 13 heavy (non-hydrogen) atoms. The number of carbonyl (C=O) groups is 1. The van der Waals surface area contributed by atoms with Crippen molar-refractivity contribution < 1.29 is 9.53 Å². The molecule has 1 heterocycles. The first kappa shape index (κ1) is 11.5. The summed E-state index contributed by atoms with van der Waals surface area (Å²) in [5, 5.41) is 0. The van der Waals surface area contributed by atoms with Crippen molar-refractivity contribution >= 4 is 29.9 Å². The molecule has 0 spiro atoms. The summed E-state index contributed by atoms with van der Waals surface area (Å²) in [6, 6.07) is 2.96. The van der Waals surface area contributed by atoms with Crippen molar-refractivity contribution in [2.75, 3.05) is 18.6 Å². The second-order valence-electron chi connectivity index (χ2n) is 2.16. The Morgan fingerprint density at radius 3 is 2.54 bits per heavy atom. The van der Waals surface area contributed by atoms with Gasteiger partial charge in [0, 0.05) is 0 Å². The quantitative estimate of drug-likeness (QED) is 0.647. The average molecular weight is 204 g/mol. The number of hydrogen-bond donors (Lipinski definition) is 2. The van der Waals surface area contributed by atoms with Gasteiger partial charge < -0.3 is 16.2 Å². The molecule has 72 valence electrons. The molecule has 0 aliphatic heterocycles. The van der Waals surface area contributed by atoms with Crippen LogP contribution < -0.4 is 11.5 Å². The maximum Gasteiger partial charge on any atom is 0.356 e. The molecule has 0 radical (unpaired) electrons. The predicted molar refractivity (Wildman–Crippen MR) is 51.6 cm³/mol. The molecule has 0 bridgehead atoms. The maximum absolute atomic E-state index is 10.9. The van der Waals surface area contributed by atoms with Crippen molar-refractivity contribution in [2.24, 2.45) is 0 Å². The molecule has 0 aliphatic rings. The third-order valence-corrected chi connectivity index (χ3v) is 1.35. The van der Waals surface area contributed by atoms with E-state index in [1.807, 2.05) is 0 Å². The summed E-state index contributed by atoms with van der Waals surface area (Å²) in [5.74, 6) is -0.389. The summed E-state index contributed by atoms with van der Waals surface area (Å²) < 4.78 is 4.43. The van der Waals surface area contributed by atoms with Crippen LogP contribution in [0, 0.1) is 0 Å². The highest BCUT2D eigenvalue weighted by Gasteiger charge is 2.07. The van der Waals surface area contributed by atoms with Crippen molar-refractivity contribution in [3.05, 3.63) is 17.8 Å². The third-order valence-electron chi connectivity index (χ3n) is 1.35. The van der Waals surface area contributed by atoms with E-state index >= 15 is 0 Å². The van der Waals surface area contributed by atoms with Crippen molar-refractivity contribution in [2.45, 2.75) is 0 Å². The van der Waals surface area contributed by atoms with Crippen LogP contribution >= 0.6 is 12.4 Å². The van der Waals surface area contributed by atoms with Gasteiger partial charge in [-0.15, -0.1) is 12.4 Å². The van der Waals surface area contributed by atoms with Crippen molar-refractivity contribution in [1.29, 1.82) is 0 Å². The highest BCUT2D eigenvalue weighted by molar-refractivity contribution is 5.88. The minimum atomic E-state index is -0.526. The van der Waals surface area contributed by atoms with E-state index in [0.29, 0.717) is 5.69 Å². The minimum absolute atomic E-state index is 0. The fraction of sp³-hybridized carbons (Fsp3) is 0.143. The molecule has 0 aromatic carbocycles. The van der Waals surface area contributed by atoms with E-state index in [1.54, 1.807) is 0 Å². The summed E-state index contributed by atoms with van der Waals surface area (Å²) in [6.07, 6.45) is 0. The fourth-order valence-electron chi connectivity index (χ4n) is 0.704. The summed E-state index contributed by atoms with van der Waals surface area (Å²) in [5.41, 5.74) is 11.3. The molecule has 0 saturated heterocycles. The molecular formula is C7H10ClN3O2. The number of pyridine rings is 1. The van der Waals surface area contributed by atoms with Crippen LogP contribution in [0.5, 0.6) is 0 Å². The maximum atomic E-state index is 10.9. The van der Waals surface area contributed by atoms with Gasteiger partial charge in [-0.2, -0.15) is 0 Å². The first-order chi connectivity index (χ1) is 5.65. The Labute approximate surface area is 81.5 Å². The van der Waals surface area contributed by atoms with Gasteiger partial charge in [-0.3, -0.25) is 0 Å². The zero-order valence-corrected chi connectivity index (χ0v) is 7.80. The van der Waals surface area contributed by atoms with Crippen LogP contribution in [0.3, 0.4) is 0 Å². The number of halogens is 1. The molecule has 1 aromatic rings. The molecule has 0 atom stereocenters. The Kier molecular flexibility index (Phi) is 4.00. The van der Waals surface area contributed by atoms with Crippen LogP contribution in [0.2, 0.25) is 0 Å². The lowest BCUT2D eigenvalue weighted by Crippen LogP contribution is -2.07. The SMILES string of the molecule is COC(=O)c1ccc(N)c(N)n1.Cl. The van der Waals surface area contributed by atoms with Gasteiger partial charge in [-0.25, -0.2) is 9.78 Å². The number of nitrogen functional groups attached to an aromatic ring is 2. The molecule has 0 fully saturated rings. The second kappa shape index (κ2) is 4.51. The topological polar surface area (TPSA) is 91.2 Å². The van der Waals surface area contributed by atoms with Crippen LogP contribution in [0.15, 0.2) is 12.1 Å². The molecule has 1 aromatic heterocycles. The van der Waals surface area contributed by atoms with E-state index in [0.717, 1.165) is 0 Å². The molecular weight excluding hydrogens is 194 g/mol. The Hall–Kier alpha value is -1.49. The van der Waals surface area contributed by atoms with E-state index in [4.69, 9.17) is 11.5 Å². The lowest BCUT2D eigenvalue weighted by molar-refractivity contribution is 0.0594. The Morgan fingerprint density at radius 2 is 2.08 bits per heavy atom. The number of nitrogens with two attached hydrogens (primary N) is 2. The normalized spacial score (nSPS) is 8.69. The molecule has 6 heteroatoms. The Balaban J connectivity index is 0.00000144. The standard InChI is InChI=1S/C7H9N3O2.ClH/c1-12-7(11)5-3-2-4(8)6(9)10-5;/h2-3H,8H2,1H3,(H2,9,10);1H. The number of aromatic nitrogens is 1. The van der Waals surface area contributed by atoms with Gasteiger partial charge in [0.25, 0.3) is 0 Å². The molecule has 0 aliphatic carbocycles. The number of hydrogen-bond acceptors (Lipinski definition) is 5. The number of ether oxygens (including phenoxy) is 1. The number of esters is 1. The van der Waals surface area contributed by atoms with E-state index in [-0.39, 0.29) is 23.9 Å². The van der Waals surface area contributed by atoms with Gasteiger partial charge in [0.05, 0.1) is 12.8 Å². The summed E-state index contributed by atoms with van der Waals surface area (Å²) in [7, 11) is 1.27. The van der Waals surface area contributed by atoms with Crippen molar-refractivity contribution in [3.8, 4) is 0 Å². The monoisotopic (exact) mass is 203 g/mol. The summed E-state index contributed by atoms with van der Waals surface area (Å²) in [4.78, 5) is 14.6. The smallest absolute Gasteiger partial charge is 0.356 e. The summed E-state index contributed by atoms with van der Waals surface area (Å²) in [6.45, 7) is 0. The molecule has 4 N–H and O–H groups in total. The van der Waals surface area contributed by atoms with Crippen LogP contribution in [0.1, 0.15) is 10.5 Å². The van der Waals surface area contributed by atoms with Crippen molar-refractivity contribution in [3.63, 3.8) is 0 Å². The molecule has 1 rings (SSSR count). The van der Waals surface area contributed by atoms with Gasteiger partial charge >= 0.3 is 5.97 Å². The number of methoxy groups -OCH3 is 1. The van der Waals surface area contributed by atoms with E-state index < -0.39 is 5.97 Å². The average Bonchev–Trinajstić information content (AvgIpc) is 2.08. The summed E-state index contributed by atoms with van der Waals surface area (Å²) >= 11 is 0. The Bertz CT molecular complexity index is 317. The predicted octanol–water partition coefficient (Wildman–Crippen LogP) is 0.454. The fourth-order valence-corrected chi connectivity index (χ4v) is 0.704. The van der Waals surface area contributed by atoms with E-state index in [1.165, 1.54) is 19.2 Å². The first-order valence-electron chi connectivity index (χ1n) is 3.25. The lowest BCUT2D eigenvalue weighted by atomic mass is 10.3. The van der Waals surface area contributed by atoms with Gasteiger partial charge in [0.2, 0.25) is 0 Å². The van der Waals surface area contributed by atoms with Gasteiger partial charge in [-0.05, 0) is 12.1 Å². The first-order valence-corrected chi connectivity index (χ1v) is 3.25. The van der Waals surface area contributed by atoms with Gasteiger partial charge in [0.1, 0.15) is 5.82 Å². The van der Waals surface area contributed by atoms with E-state index in [9.17, 15) is 4.79 Å². The molecule has 0 unspecified atom stereocenters. The number of rotatable bonds is 1. The largest absolute Gasteiger partial charge is 0.464 e. The van der Waals surface area contributed by atoms with Gasteiger partial charge in [-0.1, -0.05) is 0 Å². The van der Waals surface area contributed by atoms with Crippen LogP contribution in [-0.2, 0) is 4.74 Å².